The van der Waals surface area contributed by atoms with E-state index < -0.39 is 10.0 Å². The van der Waals surface area contributed by atoms with Crippen molar-refractivity contribution in [3.8, 4) is 10.4 Å². The van der Waals surface area contributed by atoms with Crippen molar-refractivity contribution >= 4 is 33.1 Å². The highest BCUT2D eigenvalue weighted by Crippen LogP contribution is 2.42. The number of thiazole rings is 1. The Kier molecular flexibility index (Phi) is 8.69. The maximum absolute atomic E-state index is 13.9. The molecule has 1 aromatic carbocycles. The number of cyclic esters (lactones) is 1. The van der Waals surface area contributed by atoms with Crippen molar-refractivity contribution in [3.05, 3.63) is 75.2 Å². The second-order valence-corrected chi connectivity index (χ2v) is 15.9. The zero-order valence-electron chi connectivity index (χ0n) is 26.2. The summed E-state index contributed by atoms with van der Waals surface area (Å²) in [5.41, 5.74) is 5.20. The fourth-order valence-corrected chi connectivity index (χ4v) is 9.25. The molecule has 2 aromatic heterocycles. The van der Waals surface area contributed by atoms with Crippen LogP contribution in [-0.4, -0.2) is 56.0 Å². The third kappa shape index (κ3) is 6.60. The first-order chi connectivity index (χ1) is 22.1. The van der Waals surface area contributed by atoms with Gasteiger partial charge in [-0.15, -0.1) is 11.3 Å². The molecule has 46 heavy (non-hydrogen) atoms. The van der Waals surface area contributed by atoms with E-state index in [1.54, 1.807) is 17.4 Å². The van der Waals surface area contributed by atoms with Crippen molar-refractivity contribution in [3.63, 3.8) is 0 Å². The van der Waals surface area contributed by atoms with Gasteiger partial charge in [0.1, 0.15) is 0 Å². The van der Waals surface area contributed by atoms with Crippen LogP contribution in [0, 0.1) is 18.8 Å². The Morgan fingerprint density at radius 3 is 2.65 bits per heavy atom. The number of nitrogens with zero attached hydrogens (tertiary/aromatic N) is 2. The molecular formula is C35H39N3O6S2. The van der Waals surface area contributed by atoms with Crippen LogP contribution in [0.5, 0.6) is 0 Å². The number of hydrogen-bond donors (Lipinski definition) is 1. The predicted octanol–water partition coefficient (Wildman–Crippen LogP) is 5.50. The zero-order chi connectivity index (χ0) is 32.0. The summed E-state index contributed by atoms with van der Waals surface area (Å²) < 4.78 is 40.7. The molecule has 1 unspecified atom stereocenters. The van der Waals surface area contributed by atoms with Crippen LogP contribution in [0.2, 0.25) is 0 Å². The minimum absolute atomic E-state index is 0.0449. The second-order valence-electron chi connectivity index (χ2n) is 13.1. The first-order valence-corrected chi connectivity index (χ1v) is 18.5. The van der Waals surface area contributed by atoms with E-state index in [-0.39, 0.29) is 28.6 Å². The lowest BCUT2D eigenvalue weighted by Gasteiger charge is -2.28. The highest BCUT2D eigenvalue weighted by Gasteiger charge is 2.35. The molecule has 2 atom stereocenters. The van der Waals surface area contributed by atoms with Crippen LogP contribution < -0.4 is 4.72 Å². The minimum atomic E-state index is -3.98. The number of ketones is 1. The average molecular weight is 662 g/mol. The number of benzene rings is 1. The van der Waals surface area contributed by atoms with E-state index in [0.29, 0.717) is 69.3 Å². The number of carbonyl (C=O) groups excluding carboxylic acids is 2. The van der Waals surface area contributed by atoms with Crippen LogP contribution in [0.3, 0.4) is 0 Å². The number of aromatic nitrogens is 2. The largest absolute Gasteiger partial charge is 0.466 e. The van der Waals surface area contributed by atoms with Gasteiger partial charge in [0, 0.05) is 29.3 Å². The molecule has 7 rings (SSSR count). The van der Waals surface area contributed by atoms with Crippen molar-refractivity contribution in [1.82, 2.24) is 14.7 Å². The topological polar surface area (TPSA) is 125 Å². The molecule has 2 aliphatic heterocycles. The summed E-state index contributed by atoms with van der Waals surface area (Å²) in [6.45, 7) is 5.20. The van der Waals surface area contributed by atoms with E-state index in [0.717, 1.165) is 50.1 Å². The standard InChI is InChI=1S/C35H39N3O6S2/c1-20(22-6-7-22)14-25-9-8-24-15-26(16-30(33(24)34(25)40)46(41,42)38-28-18-43-19-28)35-21(2)36-31(45-35)11-10-27-4-3-5-29(37-27)23-12-13-44-32(39)17-23/h3-5,9,15-16,20,22-23,28,38H,6-8,10-14,17-19H2,1-2H3/t20-,23?/m1/s1. The lowest BCUT2D eigenvalue weighted by Crippen LogP contribution is -2.48. The Hall–Kier alpha value is -3.25. The molecule has 242 valence electrons. The number of Topliss-reactive ketones (excluding diaryl/α,β-unsaturated/α-hetero) is 1. The molecule has 3 aromatic rings. The van der Waals surface area contributed by atoms with Crippen LogP contribution >= 0.6 is 11.3 Å². The van der Waals surface area contributed by atoms with Crippen molar-refractivity contribution in [2.75, 3.05) is 19.8 Å². The fraction of sp³-hybridized carbons (Fsp3) is 0.486. The van der Waals surface area contributed by atoms with Gasteiger partial charge in [0.15, 0.2) is 5.78 Å². The number of esters is 1. The Morgan fingerprint density at radius 2 is 1.91 bits per heavy atom. The number of ether oxygens (including phenoxy) is 2. The molecule has 4 aliphatic rings. The maximum atomic E-state index is 13.9. The third-order valence-corrected chi connectivity index (χ3v) is 12.4. The fourth-order valence-electron chi connectivity index (χ4n) is 6.72. The minimum Gasteiger partial charge on any atom is -0.466 e. The number of nitrogens with one attached hydrogen (secondary N) is 1. The van der Waals surface area contributed by atoms with E-state index in [1.807, 2.05) is 37.3 Å². The molecule has 9 nitrogen and oxygen atoms in total. The quantitative estimate of drug-likeness (QED) is 0.267. The van der Waals surface area contributed by atoms with Crippen molar-refractivity contribution in [2.45, 2.75) is 82.1 Å². The van der Waals surface area contributed by atoms with E-state index in [1.165, 1.54) is 12.8 Å². The number of allylic oxidation sites excluding steroid dienone is 2. The van der Waals surface area contributed by atoms with Gasteiger partial charge < -0.3 is 9.47 Å². The number of sulfonamides is 1. The summed E-state index contributed by atoms with van der Waals surface area (Å²) in [5, 5.41) is 0.931. The smallest absolute Gasteiger partial charge is 0.306 e. The summed E-state index contributed by atoms with van der Waals surface area (Å²) in [6, 6.07) is 9.30. The average Bonchev–Trinajstić information content (AvgIpc) is 3.81. The number of aryl methyl sites for hydroxylation is 3. The lowest BCUT2D eigenvalue weighted by atomic mass is 9.84. The molecule has 0 amide bonds. The Balaban J connectivity index is 1.15. The maximum Gasteiger partial charge on any atom is 0.306 e. The molecular weight excluding hydrogens is 623 g/mol. The molecule has 1 saturated carbocycles. The number of pyridine rings is 1. The van der Waals surface area contributed by atoms with Gasteiger partial charge in [-0.05, 0) is 98.2 Å². The summed E-state index contributed by atoms with van der Waals surface area (Å²) in [4.78, 5) is 36.3. The van der Waals surface area contributed by atoms with Gasteiger partial charge in [-0.1, -0.05) is 19.1 Å². The predicted molar refractivity (Wildman–Crippen MR) is 174 cm³/mol. The highest BCUT2D eigenvalue weighted by atomic mass is 32.2. The molecule has 2 saturated heterocycles. The van der Waals surface area contributed by atoms with Gasteiger partial charge >= 0.3 is 5.97 Å². The van der Waals surface area contributed by atoms with Crippen LogP contribution in [0.15, 0.2) is 46.9 Å². The lowest BCUT2D eigenvalue weighted by molar-refractivity contribution is -0.147. The van der Waals surface area contributed by atoms with Crippen molar-refractivity contribution < 1.29 is 27.5 Å². The van der Waals surface area contributed by atoms with Crippen LogP contribution in [0.25, 0.3) is 10.4 Å². The highest BCUT2D eigenvalue weighted by molar-refractivity contribution is 7.89. The molecule has 0 bridgehead atoms. The molecule has 3 fully saturated rings. The van der Waals surface area contributed by atoms with E-state index >= 15 is 0 Å². The van der Waals surface area contributed by atoms with Gasteiger partial charge in [0.25, 0.3) is 0 Å². The number of carbonyl (C=O) groups is 2. The zero-order valence-corrected chi connectivity index (χ0v) is 27.8. The summed E-state index contributed by atoms with van der Waals surface area (Å²) in [5.74, 6) is 0.789. The molecule has 2 aliphatic carbocycles. The second kappa shape index (κ2) is 12.7. The normalized spacial score (nSPS) is 20.9. The van der Waals surface area contributed by atoms with Gasteiger partial charge in [-0.3, -0.25) is 14.6 Å². The Morgan fingerprint density at radius 1 is 1.09 bits per heavy atom. The summed E-state index contributed by atoms with van der Waals surface area (Å²) in [7, 11) is -3.98. The number of rotatable bonds is 11. The van der Waals surface area contributed by atoms with Gasteiger partial charge in [0.05, 0.1) is 52.8 Å². The summed E-state index contributed by atoms with van der Waals surface area (Å²) >= 11 is 1.55. The van der Waals surface area contributed by atoms with Crippen molar-refractivity contribution in [1.29, 1.82) is 0 Å². The van der Waals surface area contributed by atoms with Gasteiger partial charge in [-0.25, -0.2) is 18.1 Å². The van der Waals surface area contributed by atoms with Crippen LogP contribution in [0.1, 0.15) is 83.0 Å². The first kappa shape index (κ1) is 31.4. The first-order valence-electron chi connectivity index (χ1n) is 16.2. The molecule has 0 radical (unpaired) electrons. The molecule has 4 heterocycles. The van der Waals surface area contributed by atoms with E-state index in [2.05, 4.69) is 11.6 Å². The van der Waals surface area contributed by atoms with Gasteiger partial charge in [0.2, 0.25) is 10.0 Å². The Labute approximate surface area is 273 Å². The molecule has 11 heteroatoms. The SMILES string of the molecule is Cc1nc(CCc2cccc(C3CCOC(=O)C3)n2)sc1-c1cc2c(c(S(=O)(=O)NC3COC3)c1)C(=O)C(C[C@@H](C)C1CC1)=CC2. The van der Waals surface area contributed by atoms with Crippen molar-refractivity contribution in [2.24, 2.45) is 11.8 Å². The van der Waals surface area contributed by atoms with Crippen LogP contribution in [-0.2, 0) is 43.6 Å². The van der Waals surface area contributed by atoms with Gasteiger partial charge in [-0.2, -0.15) is 0 Å². The van der Waals surface area contributed by atoms with E-state index in [4.69, 9.17) is 19.4 Å². The third-order valence-electron chi connectivity index (χ3n) is 9.58. The monoisotopic (exact) mass is 661 g/mol. The molecule has 0 spiro atoms. The number of hydrogen-bond acceptors (Lipinski definition) is 9. The molecule has 1 N–H and O–H groups in total. The number of fused-ring (bicyclic) bond motifs is 1. The van der Waals surface area contributed by atoms with Crippen LogP contribution in [0.4, 0.5) is 0 Å². The summed E-state index contributed by atoms with van der Waals surface area (Å²) in [6.07, 6.45) is 8.10. The Bertz CT molecular complexity index is 1820. The van der Waals surface area contributed by atoms with E-state index in [9.17, 15) is 18.0 Å².